The average molecular weight is 156 g/mol. The molecule has 0 fully saturated rings. The highest BCUT2D eigenvalue weighted by Gasteiger charge is 2.24. The Morgan fingerprint density at radius 2 is 2.09 bits per heavy atom. The Morgan fingerprint density at radius 3 is 2.45 bits per heavy atom. The van der Waals surface area contributed by atoms with E-state index in [1.807, 2.05) is 6.08 Å². The third-order valence-corrected chi connectivity index (χ3v) is 2.46. The molecule has 1 N–H and O–H groups in total. The standard InChI is InChI=1S/C10H20O/c1-5-7-8-9(11)10(3,4)6-2/h5,9,11H,1,6-8H2,2-4H3. The zero-order chi connectivity index (χ0) is 8.91. The lowest BCUT2D eigenvalue weighted by molar-refractivity contribution is 0.0414. The van der Waals surface area contributed by atoms with Gasteiger partial charge >= 0.3 is 0 Å². The van der Waals surface area contributed by atoms with Gasteiger partial charge in [0, 0.05) is 0 Å². The molecule has 0 bridgehead atoms. The molecule has 0 spiro atoms. The van der Waals surface area contributed by atoms with Gasteiger partial charge in [0.15, 0.2) is 0 Å². The van der Waals surface area contributed by atoms with Crippen LogP contribution in [0.3, 0.4) is 0 Å². The van der Waals surface area contributed by atoms with Crippen molar-refractivity contribution in [1.82, 2.24) is 0 Å². The number of aliphatic hydroxyl groups is 1. The summed E-state index contributed by atoms with van der Waals surface area (Å²) in [4.78, 5) is 0. The summed E-state index contributed by atoms with van der Waals surface area (Å²) in [6.45, 7) is 9.93. The molecule has 0 saturated carbocycles. The second-order valence-electron chi connectivity index (χ2n) is 3.72. The van der Waals surface area contributed by atoms with Gasteiger partial charge in [-0.1, -0.05) is 26.8 Å². The van der Waals surface area contributed by atoms with Gasteiger partial charge in [0.25, 0.3) is 0 Å². The number of allylic oxidation sites excluding steroid dienone is 1. The molecule has 0 aliphatic rings. The summed E-state index contributed by atoms with van der Waals surface area (Å²) < 4.78 is 0. The molecule has 1 heteroatoms. The Balaban J connectivity index is 3.80. The van der Waals surface area contributed by atoms with E-state index in [1.165, 1.54) is 0 Å². The monoisotopic (exact) mass is 156 g/mol. The summed E-state index contributed by atoms with van der Waals surface area (Å²) in [6, 6.07) is 0. The van der Waals surface area contributed by atoms with Gasteiger partial charge in [-0.25, -0.2) is 0 Å². The molecule has 0 aromatic rings. The molecule has 0 heterocycles. The first kappa shape index (κ1) is 10.7. The lowest BCUT2D eigenvalue weighted by Crippen LogP contribution is -2.28. The van der Waals surface area contributed by atoms with Crippen LogP contribution < -0.4 is 0 Å². The smallest absolute Gasteiger partial charge is 0.0594 e. The molecule has 0 rings (SSSR count). The van der Waals surface area contributed by atoms with Gasteiger partial charge in [0.2, 0.25) is 0 Å². The van der Waals surface area contributed by atoms with Gasteiger partial charge in [0.05, 0.1) is 6.10 Å². The SMILES string of the molecule is C=CCCC(O)C(C)(C)CC. The van der Waals surface area contributed by atoms with Crippen molar-refractivity contribution in [2.45, 2.75) is 46.1 Å². The Bertz CT molecular complexity index is 116. The zero-order valence-corrected chi connectivity index (χ0v) is 7.93. The quantitative estimate of drug-likeness (QED) is 0.607. The van der Waals surface area contributed by atoms with Crippen molar-refractivity contribution < 1.29 is 5.11 Å². The minimum Gasteiger partial charge on any atom is -0.393 e. The molecule has 66 valence electrons. The van der Waals surface area contributed by atoms with Crippen LogP contribution in [0.2, 0.25) is 0 Å². The van der Waals surface area contributed by atoms with E-state index in [0.29, 0.717) is 0 Å². The summed E-state index contributed by atoms with van der Waals surface area (Å²) >= 11 is 0. The van der Waals surface area contributed by atoms with Gasteiger partial charge in [0.1, 0.15) is 0 Å². The van der Waals surface area contributed by atoms with Crippen LogP contribution in [0.5, 0.6) is 0 Å². The Morgan fingerprint density at radius 1 is 1.55 bits per heavy atom. The van der Waals surface area contributed by atoms with Crippen LogP contribution in [0.1, 0.15) is 40.0 Å². The van der Waals surface area contributed by atoms with Crippen LogP contribution in [0.4, 0.5) is 0 Å². The van der Waals surface area contributed by atoms with Crippen molar-refractivity contribution in [3.05, 3.63) is 12.7 Å². The summed E-state index contributed by atoms with van der Waals surface area (Å²) in [5.74, 6) is 0. The molecule has 0 aliphatic heterocycles. The molecule has 0 radical (unpaired) electrons. The fourth-order valence-electron chi connectivity index (χ4n) is 0.902. The summed E-state index contributed by atoms with van der Waals surface area (Å²) in [6.07, 6.45) is 4.43. The van der Waals surface area contributed by atoms with E-state index in [1.54, 1.807) is 0 Å². The van der Waals surface area contributed by atoms with Crippen molar-refractivity contribution in [2.75, 3.05) is 0 Å². The maximum atomic E-state index is 9.66. The summed E-state index contributed by atoms with van der Waals surface area (Å²) in [5.41, 5.74) is 0.0585. The second-order valence-corrected chi connectivity index (χ2v) is 3.72. The fourth-order valence-corrected chi connectivity index (χ4v) is 0.902. The predicted molar refractivity (Wildman–Crippen MR) is 49.5 cm³/mol. The maximum absolute atomic E-state index is 9.66. The minimum absolute atomic E-state index is 0.0585. The topological polar surface area (TPSA) is 20.2 Å². The Kier molecular flexibility index (Phi) is 4.43. The van der Waals surface area contributed by atoms with Crippen LogP contribution in [0.25, 0.3) is 0 Å². The van der Waals surface area contributed by atoms with Crippen LogP contribution in [-0.4, -0.2) is 11.2 Å². The molecule has 0 aromatic heterocycles. The maximum Gasteiger partial charge on any atom is 0.0594 e. The fraction of sp³-hybridized carbons (Fsp3) is 0.800. The van der Waals surface area contributed by atoms with Crippen LogP contribution in [-0.2, 0) is 0 Å². The predicted octanol–water partition coefficient (Wildman–Crippen LogP) is 2.75. The highest BCUT2D eigenvalue weighted by atomic mass is 16.3. The Hall–Kier alpha value is -0.300. The zero-order valence-electron chi connectivity index (χ0n) is 7.93. The largest absolute Gasteiger partial charge is 0.393 e. The van der Waals surface area contributed by atoms with Crippen molar-refractivity contribution in [3.63, 3.8) is 0 Å². The third kappa shape index (κ3) is 3.57. The van der Waals surface area contributed by atoms with Crippen molar-refractivity contribution in [3.8, 4) is 0 Å². The van der Waals surface area contributed by atoms with Crippen LogP contribution in [0.15, 0.2) is 12.7 Å². The number of aliphatic hydroxyl groups excluding tert-OH is 1. The van der Waals surface area contributed by atoms with Crippen molar-refractivity contribution in [1.29, 1.82) is 0 Å². The van der Waals surface area contributed by atoms with E-state index in [0.717, 1.165) is 19.3 Å². The first-order chi connectivity index (χ1) is 5.04. The molecule has 0 amide bonds. The van der Waals surface area contributed by atoms with Crippen LogP contribution >= 0.6 is 0 Å². The molecular formula is C10H20O. The number of rotatable bonds is 5. The average Bonchev–Trinajstić information content (AvgIpc) is 2.00. The molecule has 1 unspecified atom stereocenters. The number of hydrogen-bond donors (Lipinski definition) is 1. The number of hydrogen-bond acceptors (Lipinski definition) is 1. The summed E-state index contributed by atoms with van der Waals surface area (Å²) in [7, 11) is 0. The molecule has 11 heavy (non-hydrogen) atoms. The molecule has 0 aromatic carbocycles. The first-order valence-electron chi connectivity index (χ1n) is 4.33. The van der Waals surface area contributed by atoms with Gasteiger partial charge < -0.3 is 5.11 Å². The Labute approximate surface area is 70.1 Å². The van der Waals surface area contributed by atoms with E-state index >= 15 is 0 Å². The molecular weight excluding hydrogens is 136 g/mol. The van der Waals surface area contributed by atoms with Gasteiger partial charge in [-0.15, -0.1) is 6.58 Å². The normalized spacial score (nSPS) is 14.5. The van der Waals surface area contributed by atoms with E-state index in [-0.39, 0.29) is 11.5 Å². The second kappa shape index (κ2) is 4.55. The lowest BCUT2D eigenvalue weighted by atomic mass is 9.82. The van der Waals surface area contributed by atoms with E-state index in [2.05, 4.69) is 27.4 Å². The first-order valence-corrected chi connectivity index (χ1v) is 4.33. The third-order valence-electron chi connectivity index (χ3n) is 2.46. The van der Waals surface area contributed by atoms with Crippen LogP contribution in [0, 0.1) is 5.41 Å². The highest BCUT2D eigenvalue weighted by Crippen LogP contribution is 2.27. The van der Waals surface area contributed by atoms with Crippen molar-refractivity contribution >= 4 is 0 Å². The van der Waals surface area contributed by atoms with Crippen molar-refractivity contribution in [2.24, 2.45) is 5.41 Å². The summed E-state index contributed by atoms with van der Waals surface area (Å²) in [5, 5.41) is 9.66. The van der Waals surface area contributed by atoms with E-state index in [9.17, 15) is 5.11 Å². The van der Waals surface area contributed by atoms with E-state index < -0.39 is 0 Å². The van der Waals surface area contributed by atoms with E-state index in [4.69, 9.17) is 0 Å². The van der Waals surface area contributed by atoms with Gasteiger partial charge in [-0.3, -0.25) is 0 Å². The molecule has 0 aliphatic carbocycles. The van der Waals surface area contributed by atoms with Gasteiger partial charge in [-0.05, 0) is 24.7 Å². The molecule has 1 atom stereocenters. The van der Waals surface area contributed by atoms with Gasteiger partial charge in [-0.2, -0.15) is 0 Å². The minimum atomic E-state index is -0.189. The molecule has 1 nitrogen and oxygen atoms in total. The molecule has 0 saturated heterocycles. The highest BCUT2D eigenvalue weighted by molar-refractivity contribution is 4.79. The lowest BCUT2D eigenvalue weighted by Gasteiger charge is -2.28.